The summed E-state index contributed by atoms with van der Waals surface area (Å²) in [5.41, 5.74) is 1.85. The zero-order valence-electron chi connectivity index (χ0n) is 11.4. The molecule has 1 aromatic heterocycles. The van der Waals surface area contributed by atoms with E-state index in [9.17, 15) is 9.59 Å². The zero-order chi connectivity index (χ0) is 13.4. The maximum atomic E-state index is 12.4. The maximum absolute atomic E-state index is 12.4. The van der Waals surface area contributed by atoms with Crippen LogP contribution in [0.2, 0.25) is 0 Å². The molecule has 0 spiro atoms. The fourth-order valence-corrected chi connectivity index (χ4v) is 2.30. The first-order chi connectivity index (χ1) is 8.41. The van der Waals surface area contributed by atoms with Gasteiger partial charge in [0.2, 0.25) is 0 Å². The number of aromatic nitrogens is 1. The normalized spacial score (nSPS) is 14.9. The molecular weight excluding hydrogens is 228 g/mol. The monoisotopic (exact) mass is 248 g/mol. The van der Waals surface area contributed by atoms with Crippen LogP contribution < -0.4 is 10.9 Å². The van der Waals surface area contributed by atoms with Crippen molar-refractivity contribution in [3.8, 4) is 0 Å². The Morgan fingerprint density at radius 2 is 2.00 bits per heavy atom. The number of amides is 1. The standard InChI is InChI=1S/C14H20N2O2/c1-8(2)15-13(17)12-9(3)7-10(4)16(14(12)18)11-5-6-11/h7-8,11H,5-6H2,1-4H3,(H,15,17). The third-order valence-electron chi connectivity index (χ3n) is 3.19. The Kier molecular flexibility index (Phi) is 3.28. The molecule has 1 aliphatic carbocycles. The zero-order valence-corrected chi connectivity index (χ0v) is 11.4. The molecule has 0 bridgehead atoms. The lowest BCUT2D eigenvalue weighted by molar-refractivity contribution is 0.0940. The summed E-state index contributed by atoms with van der Waals surface area (Å²) >= 11 is 0. The minimum atomic E-state index is -0.262. The lowest BCUT2D eigenvalue weighted by Gasteiger charge is -2.15. The number of rotatable bonds is 3. The van der Waals surface area contributed by atoms with Gasteiger partial charge >= 0.3 is 0 Å². The number of aryl methyl sites for hydroxylation is 2. The van der Waals surface area contributed by atoms with E-state index in [2.05, 4.69) is 5.32 Å². The van der Waals surface area contributed by atoms with Crippen molar-refractivity contribution < 1.29 is 4.79 Å². The quantitative estimate of drug-likeness (QED) is 0.888. The number of carbonyl (C=O) groups is 1. The molecule has 0 aliphatic heterocycles. The van der Waals surface area contributed by atoms with E-state index in [0.717, 1.165) is 24.1 Å². The molecule has 2 rings (SSSR count). The molecule has 0 aromatic carbocycles. The number of carbonyl (C=O) groups excluding carboxylic acids is 1. The van der Waals surface area contributed by atoms with Gasteiger partial charge in [-0.1, -0.05) is 0 Å². The highest BCUT2D eigenvalue weighted by atomic mass is 16.2. The summed E-state index contributed by atoms with van der Waals surface area (Å²) in [7, 11) is 0. The average molecular weight is 248 g/mol. The summed E-state index contributed by atoms with van der Waals surface area (Å²) < 4.78 is 1.77. The SMILES string of the molecule is Cc1cc(C)n(C2CC2)c(=O)c1C(=O)NC(C)C. The molecular formula is C14H20N2O2. The van der Waals surface area contributed by atoms with E-state index in [1.807, 2.05) is 33.8 Å². The van der Waals surface area contributed by atoms with E-state index in [1.165, 1.54) is 0 Å². The molecule has 1 fully saturated rings. The van der Waals surface area contributed by atoms with Crippen molar-refractivity contribution in [2.75, 3.05) is 0 Å². The van der Waals surface area contributed by atoms with Crippen molar-refractivity contribution in [1.29, 1.82) is 0 Å². The molecule has 98 valence electrons. The van der Waals surface area contributed by atoms with Gasteiger partial charge in [-0.2, -0.15) is 0 Å². The first-order valence-electron chi connectivity index (χ1n) is 6.45. The Labute approximate surface area is 107 Å². The Balaban J connectivity index is 2.50. The summed E-state index contributed by atoms with van der Waals surface area (Å²) in [5, 5.41) is 2.79. The molecule has 1 N–H and O–H groups in total. The van der Waals surface area contributed by atoms with Crippen LogP contribution in [0.4, 0.5) is 0 Å². The molecule has 1 heterocycles. The lowest BCUT2D eigenvalue weighted by atomic mass is 10.1. The Bertz CT molecular complexity index is 539. The van der Waals surface area contributed by atoms with Gasteiger partial charge in [0.1, 0.15) is 5.56 Å². The number of nitrogens with zero attached hydrogens (tertiary/aromatic N) is 1. The first kappa shape index (κ1) is 12.9. The van der Waals surface area contributed by atoms with E-state index in [4.69, 9.17) is 0 Å². The van der Waals surface area contributed by atoms with Crippen LogP contribution in [0.5, 0.6) is 0 Å². The van der Waals surface area contributed by atoms with Crippen LogP contribution in [0.15, 0.2) is 10.9 Å². The first-order valence-corrected chi connectivity index (χ1v) is 6.45. The Morgan fingerprint density at radius 3 is 2.50 bits per heavy atom. The van der Waals surface area contributed by atoms with Gasteiger partial charge in [-0.3, -0.25) is 9.59 Å². The molecule has 1 saturated carbocycles. The predicted molar refractivity (Wildman–Crippen MR) is 71.0 cm³/mol. The van der Waals surface area contributed by atoms with Crippen molar-refractivity contribution in [2.45, 2.75) is 52.6 Å². The molecule has 0 atom stereocenters. The van der Waals surface area contributed by atoms with Gasteiger partial charge in [0.25, 0.3) is 11.5 Å². The van der Waals surface area contributed by atoms with Crippen LogP contribution in [0, 0.1) is 13.8 Å². The summed E-state index contributed by atoms with van der Waals surface area (Å²) in [6.45, 7) is 7.53. The van der Waals surface area contributed by atoms with E-state index in [-0.39, 0.29) is 17.5 Å². The molecule has 1 amide bonds. The van der Waals surface area contributed by atoms with Crippen LogP contribution in [-0.4, -0.2) is 16.5 Å². The van der Waals surface area contributed by atoms with Crippen molar-refractivity contribution in [3.05, 3.63) is 33.2 Å². The molecule has 0 saturated heterocycles. The summed E-state index contributed by atoms with van der Waals surface area (Å²) in [6.07, 6.45) is 2.07. The van der Waals surface area contributed by atoms with E-state index < -0.39 is 0 Å². The highest BCUT2D eigenvalue weighted by Gasteiger charge is 2.28. The van der Waals surface area contributed by atoms with Crippen LogP contribution in [-0.2, 0) is 0 Å². The van der Waals surface area contributed by atoms with Gasteiger partial charge in [0, 0.05) is 17.8 Å². The second kappa shape index (κ2) is 4.59. The van der Waals surface area contributed by atoms with E-state index in [0.29, 0.717) is 11.6 Å². The average Bonchev–Trinajstić information content (AvgIpc) is 2.99. The number of hydrogen-bond donors (Lipinski definition) is 1. The van der Waals surface area contributed by atoms with Crippen molar-refractivity contribution in [3.63, 3.8) is 0 Å². The Hall–Kier alpha value is -1.58. The molecule has 4 heteroatoms. The largest absolute Gasteiger partial charge is 0.350 e. The molecule has 0 unspecified atom stereocenters. The van der Waals surface area contributed by atoms with Gasteiger partial charge in [-0.05, 0) is 52.2 Å². The highest BCUT2D eigenvalue weighted by molar-refractivity contribution is 5.95. The van der Waals surface area contributed by atoms with Gasteiger partial charge < -0.3 is 9.88 Å². The molecule has 18 heavy (non-hydrogen) atoms. The fraction of sp³-hybridized carbons (Fsp3) is 0.571. The molecule has 1 aliphatic rings. The van der Waals surface area contributed by atoms with E-state index >= 15 is 0 Å². The predicted octanol–water partition coefficient (Wildman–Crippen LogP) is 1.94. The molecule has 1 aromatic rings. The summed E-state index contributed by atoms with van der Waals surface area (Å²) in [6, 6.07) is 2.25. The van der Waals surface area contributed by atoms with Gasteiger partial charge in [-0.15, -0.1) is 0 Å². The number of hydrogen-bond acceptors (Lipinski definition) is 2. The smallest absolute Gasteiger partial charge is 0.264 e. The number of nitrogens with one attached hydrogen (secondary N) is 1. The third-order valence-corrected chi connectivity index (χ3v) is 3.19. The van der Waals surface area contributed by atoms with Crippen molar-refractivity contribution in [1.82, 2.24) is 9.88 Å². The maximum Gasteiger partial charge on any atom is 0.264 e. The third kappa shape index (κ3) is 2.33. The second-order valence-corrected chi connectivity index (χ2v) is 5.38. The second-order valence-electron chi connectivity index (χ2n) is 5.38. The van der Waals surface area contributed by atoms with Gasteiger partial charge in [0.05, 0.1) is 0 Å². The van der Waals surface area contributed by atoms with Crippen LogP contribution in [0.3, 0.4) is 0 Å². The Morgan fingerprint density at radius 1 is 1.39 bits per heavy atom. The van der Waals surface area contributed by atoms with Crippen LogP contribution >= 0.6 is 0 Å². The minimum absolute atomic E-state index is 0.0342. The van der Waals surface area contributed by atoms with Gasteiger partial charge in [-0.25, -0.2) is 0 Å². The van der Waals surface area contributed by atoms with Crippen LogP contribution in [0.1, 0.15) is 54.3 Å². The van der Waals surface area contributed by atoms with Crippen molar-refractivity contribution >= 4 is 5.91 Å². The summed E-state index contributed by atoms with van der Waals surface area (Å²) in [5.74, 6) is -0.262. The fourth-order valence-electron chi connectivity index (χ4n) is 2.30. The van der Waals surface area contributed by atoms with Crippen molar-refractivity contribution in [2.24, 2.45) is 0 Å². The minimum Gasteiger partial charge on any atom is -0.350 e. The number of pyridine rings is 1. The summed E-state index contributed by atoms with van der Waals surface area (Å²) in [4.78, 5) is 24.5. The highest BCUT2D eigenvalue weighted by Crippen LogP contribution is 2.34. The topological polar surface area (TPSA) is 51.1 Å². The molecule has 4 nitrogen and oxygen atoms in total. The van der Waals surface area contributed by atoms with E-state index in [1.54, 1.807) is 4.57 Å². The molecule has 0 radical (unpaired) electrons. The lowest BCUT2D eigenvalue weighted by Crippen LogP contribution is -2.37. The van der Waals surface area contributed by atoms with Gasteiger partial charge in [0.15, 0.2) is 0 Å². The van der Waals surface area contributed by atoms with Crippen LogP contribution in [0.25, 0.3) is 0 Å².